The fourth-order valence-electron chi connectivity index (χ4n) is 7.81. The first kappa shape index (κ1) is 64.9. The van der Waals surface area contributed by atoms with Crippen molar-refractivity contribution in [1.82, 2.24) is 0 Å². The van der Waals surface area contributed by atoms with E-state index in [0.717, 1.165) is 69.9 Å². The maximum Gasteiger partial charge on any atom is 0.472 e. The zero-order chi connectivity index (χ0) is 53.4. The predicted octanol–water partition coefficient (Wildman–Crippen LogP) is 6.76. The monoisotopic (exact) mass is 1060 g/mol. The number of ether oxygens (including phenoxy) is 2. The van der Waals surface area contributed by atoms with Gasteiger partial charge >= 0.3 is 27.6 Å². The molecule has 72 heavy (non-hydrogen) atoms. The molecule has 2 rings (SSSR count). The molecule has 19 nitrogen and oxygen atoms in total. The molecule has 2 bridgehead atoms. The highest BCUT2D eigenvalue weighted by molar-refractivity contribution is 7.47. The van der Waals surface area contributed by atoms with Gasteiger partial charge in [-0.2, -0.15) is 0 Å². The molecule has 1 heterocycles. The molecule has 1 aliphatic heterocycles. The molecule has 0 amide bonds. The summed E-state index contributed by atoms with van der Waals surface area (Å²) in [7, 11) is -11.5. The Bertz CT molecular complexity index is 1870. The number of aliphatic hydroxyl groups is 6. The summed E-state index contributed by atoms with van der Waals surface area (Å²) < 4.78 is 52.2. The van der Waals surface area contributed by atoms with Gasteiger partial charge in [-0.25, -0.2) is 9.13 Å². The first-order valence-electron chi connectivity index (χ1n) is 25.2. The number of hydrogen-bond donors (Lipinski definition) is 9. The SMILES string of the molecule is CC/C=C\C/C=C\C/C=C\C/C=C\C/C=C\CCCCCC(=O)O[C@@H]1COC(=O)CCC/C=C\C[C@H]2C(=O)C[C@@H](O)[C@H](/C=C/[C@@H](O)CCCCC)[C@@H](O)[C@@H](OP(=O)(O)O)[C@@H](OP(=O)(O)OC1)[C@H](O)[C@@H](O)[C@@H]2O. The molecule has 1 unspecified atom stereocenters. The number of unbranched alkanes of at least 4 members (excludes halogenated alkanes) is 5. The molecule has 0 aromatic heterocycles. The second-order valence-electron chi connectivity index (χ2n) is 17.9. The van der Waals surface area contributed by atoms with Crippen molar-refractivity contribution in [2.45, 2.75) is 191 Å². The Hall–Kier alpha value is -3.23. The summed E-state index contributed by atoms with van der Waals surface area (Å²) in [6, 6.07) is 0. The van der Waals surface area contributed by atoms with E-state index in [-0.39, 0.29) is 38.5 Å². The Labute approximate surface area is 424 Å². The van der Waals surface area contributed by atoms with Crippen molar-refractivity contribution in [2.24, 2.45) is 11.8 Å². The second-order valence-corrected chi connectivity index (χ2v) is 20.5. The fourth-order valence-corrected chi connectivity index (χ4v) is 9.34. The van der Waals surface area contributed by atoms with E-state index in [9.17, 15) is 68.8 Å². The van der Waals surface area contributed by atoms with Crippen LogP contribution in [0.3, 0.4) is 0 Å². The molecule has 0 spiro atoms. The molecule has 12 atom stereocenters. The van der Waals surface area contributed by atoms with Crippen LogP contribution in [-0.4, -0.2) is 131 Å². The Balaban J connectivity index is 2.28. The maximum atomic E-state index is 13.8. The van der Waals surface area contributed by atoms with Crippen molar-refractivity contribution in [3.8, 4) is 0 Å². The van der Waals surface area contributed by atoms with Crippen LogP contribution >= 0.6 is 15.6 Å². The van der Waals surface area contributed by atoms with Gasteiger partial charge in [0, 0.05) is 31.1 Å². The van der Waals surface area contributed by atoms with E-state index in [1.807, 2.05) is 6.92 Å². The smallest absolute Gasteiger partial charge is 0.462 e. The number of fused-ring (bicyclic) bond motifs is 4. The van der Waals surface area contributed by atoms with Gasteiger partial charge in [0.25, 0.3) is 0 Å². The Kier molecular flexibility index (Phi) is 33.0. The van der Waals surface area contributed by atoms with E-state index in [2.05, 4.69) is 67.7 Å². The van der Waals surface area contributed by atoms with Crippen LogP contribution in [0, 0.1) is 11.8 Å². The molecule has 1 aliphatic carbocycles. The van der Waals surface area contributed by atoms with Gasteiger partial charge in [0.15, 0.2) is 6.10 Å². The number of phosphoric ester groups is 2. The minimum atomic E-state index is -5.80. The molecule has 0 radical (unpaired) electrons. The molecule has 1 saturated carbocycles. The maximum absolute atomic E-state index is 13.8. The lowest BCUT2D eigenvalue weighted by Crippen LogP contribution is -2.56. The van der Waals surface area contributed by atoms with Crippen LogP contribution in [0.5, 0.6) is 0 Å². The minimum Gasteiger partial charge on any atom is -0.462 e. The molecule has 21 heteroatoms. The van der Waals surface area contributed by atoms with Crippen LogP contribution < -0.4 is 0 Å². The summed E-state index contributed by atoms with van der Waals surface area (Å²) in [5, 5.41) is 68.2. The van der Waals surface area contributed by atoms with Gasteiger partial charge in [-0.3, -0.25) is 28.0 Å². The third-order valence-corrected chi connectivity index (χ3v) is 13.3. The third kappa shape index (κ3) is 27.9. The number of cyclic esters (lactones) is 1. The number of esters is 2. The molecule has 2 aliphatic rings. The standard InChI is InChI=1S/C51H82O19P2/c1-3-5-7-8-9-10-11-12-13-14-15-16-17-18-19-20-21-22-28-32-45(56)68-39-36-66-44(55)31-27-24-23-26-30-40-42(53)35-43(54)41(34-33-38(52)29-25-6-4-2)47(58)50(69-71(61,62)63)51(49(60)48(59)46(40)57)70-72(64,65)67-37-39/h5,7,9-10,12-13,15-16,18-19,23,26,33-34,38-41,43,46-52,54,57-60H,3-4,6,8,11,14,17,20-22,24-25,27-32,35-37H2,1-2H3,(H,64,65)(H2,61,62,63)/b7-5-,10-9-,13-12-,16-15-,19-18-,26-23-,34-33+/t38-,39+,40-,41-,43+,46+,47+,48-,49+,50+,51-/m0/s1. The van der Waals surface area contributed by atoms with Crippen molar-refractivity contribution in [3.63, 3.8) is 0 Å². The van der Waals surface area contributed by atoms with Gasteiger partial charge in [-0.1, -0.05) is 125 Å². The summed E-state index contributed by atoms with van der Waals surface area (Å²) >= 11 is 0. The van der Waals surface area contributed by atoms with Gasteiger partial charge < -0.3 is 54.8 Å². The topological polar surface area (TPSA) is 314 Å². The average molecular weight is 1060 g/mol. The predicted molar refractivity (Wildman–Crippen MR) is 269 cm³/mol. The number of aliphatic hydroxyl groups excluding tert-OH is 6. The van der Waals surface area contributed by atoms with Gasteiger partial charge in [-0.05, 0) is 77.0 Å². The molecule has 9 N–H and O–H groups in total. The van der Waals surface area contributed by atoms with Crippen LogP contribution in [0.4, 0.5) is 0 Å². The molecule has 0 aromatic rings. The van der Waals surface area contributed by atoms with Crippen molar-refractivity contribution in [2.75, 3.05) is 13.2 Å². The van der Waals surface area contributed by atoms with Crippen LogP contribution in [0.15, 0.2) is 85.1 Å². The number of allylic oxidation sites excluding steroid dienone is 12. The lowest BCUT2D eigenvalue weighted by atomic mass is 9.84. The van der Waals surface area contributed by atoms with E-state index in [4.69, 9.17) is 23.0 Å². The molecular formula is C51H82O19P2. The summed E-state index contributed by atoms with van der Waals surface area (Å²) in [5.74, 6) is -5.75. The van der Waals surface area contributed by atoms with Gasteiger partial charge in [0.05, 0.1) is 31.0 Å². The zero-order valence-corrected chi connectivity index (χ0v) is 43.6. The van der Waals surface area contributed by atoms with Crippen molar-refractivity contribution >= 4 is 33.4 Å². The summed E-state index contributed by atoms with van der Waals surface area (Å²) in [4.78, 5) is 70.5. The fraction of sp³-hybridized carbons (Fsp3) is 0.667. The van der Waals surface area contributed by atoms with Crippen LogP contribution in [0.1, 0.15) is 136 Å². The molecule has 410 valence electrons. The van der Waals surface area contributed by atoms with Crippen molar-refractivity contribution in [1.29, 1.82) is 0 Å². The van der Waals surface area contributed by atoms with Crippen LogP contribution in [-0.2, 0) is 46.6 Å². The van der Waals surface area contributed by atoms with Gasteiger partial charge in [0.1, 0.15) is 36.8 Å². The van der Waals surface area contributed by atoms with E-state index >= 15 is 0 Å². The Morgan fingerprint density at radius 1 is 0.819 bits per heavy atom. The average Bonchev–Trinajstić information content (AvgIpc) is 3.32. The number of hydrogen-bond acceptors (Lipinski definition) is 16. The summed E-state index contributed by atoms with van der Waals surface area (Å²) in [6.45, 7) is 2.40. The Morgan fingerprint density at radius 3 is 2.08 bits per heavy atom. The normalized spacial score (nSPS) is 30.3. The Morgan fingerprint density at radius 2 is 1.46 bits per heavy atom. The largest absolute Gasteiger partial charge is 0.472 e. The van der Waals surface area contributed by atoms with E-state index < -0.39 is 120 Å². The quantitative estimate of drug-likeness (QED) is 0.0209. The lowest BCUT2D eigenvalue weighted by molar-refractivity contribution is -0.164. The summed E-state index contributed by atoms with van der Waals surface area (Å²) in [6.07, 6.45) is 15.2. The van der Waals surface area contributed by atoms with Crippen molar-refractivity contribution in [3.05, 3.63) is 85.1 Å². The number of phosphoric acid groups is 2. The first-order valence-corrected chi connectivity index (χ1v) is 28.3. The number of ketones is 1. The number of carbonyl (C=O) groups is 3. The summed E-state index contributed by atoms with van der Waals surface area (Å²) in [5.41, 5.74) is 0. The third-order valence-electron chi connectivity index (χ3n) is 11.8. The minimum absolute atomic E-state index is 0.0791. The highest BCUT2D eigenvalue weighted by Gasteiger charge is 2.51. The molecular weight excluding hydrogens is 978 g/mol. The number of rotatable bonds is 24. The lowest BCUT2D eigenvalue weighted by Gasteiger charge is -2.38. The van der Waals surface area contributed by atoms with Crippen LogP contribution in [0.2, 0.25) is 0 Å². The second kappa shape index (κ2) is 36.7. The molecule has 1 fully saturated rings. The van der Waals surface area contributed by atoms with Crippen LogP contribution in [0.25, 0.3) is 0 Å². The highest BCUT2D eigenvalue weighted by atomic mass is 31.2. The first-order chi connectivity index (χ1) is 34.3. The highest BCUT2D eigenvalue weighted by Crippen LogP contribution is 2.49. The van der Waals surface area contributed by atoms with E-state index in [1.54, 1.807) is 6.08 Å². The van der Waals surface area contributed by atoms with Crippen molar-refractivity contribution < 1.29 is 91.9 Å². The molecule has 0 aromatic carbocycles. The van der Waals surface area contributed by atoms with E-state index in [1.165, 1.54) is 6.08 Å². The molecule has 0 saturated heterocycles. The van der Waals surface area contributed by atoms with Gasteiger partial charge in [-0.15, -0.1) is 0 Å². The number of carbonyl (C=O) groups excluding carboxylic acids is 3. The zero-order valence-electron chi connectivity index (χ0n) is 41.8. The van der Waals surface area contributed by atoms with E-state index in [0.29, 0.717) is 19.3 Å². The van der Waals surface area contributed by atoms with Gasteiger partial charge in [0.2, 0.25) is 0 Å². The number of Topliss-reactive ketones (excluding diaryl/α,β-unsaturated/α-hetero) is 1.